The van der Waals surface area contributed by atoms with Crippen LogP contribution in [-0.2, 0) is 0 Å². The lowest BCUT2D eigenvalue weighted by Crippen LogP contribution is -1.94. The first kappa shape index (κ1) is 71.3. The maximum Gasteiger partial charge on any atom is 0.163 e. The van der Waals surface area contributed by atoms with Crippen molar-refractivity contribution in [2.75, 3.05) is 0 Å². The van der Waals surface area contributed by atoms with Crippen molar-refractivity contribution >= 4 is 218 Å². The first-order chi connectivity index (χ1) is 63.5. The van der Waals surface area contributed by atoms with E-state index >= 15 is 0 Å². The monoisotopic (exact) mass is 1680 g/mol. The minimum Gasteiger partial charge on any atom is -0.454 e. The Balaban J connectivity index is 0.0000000995. The molecule has 29 rings (SSSR count). The molecule has 20 nitrogen and oxygen atoms in total. The van der Waals surface area contributed by atoms with Gasteiger partial charge in [0.15, 0.2) is 22.3 Å². The number of hydrogen-bond acceptors (Lipinski definition) is 18. The van der Waals surface area contributed by atoms with Crippen LogP contribution in [0.1, 0.15) is 0 Å². The van der Waals surface area contributed by atoms with Crippen molar-refractivity contribution in [3.63, 3.8) is 0 Å². The van der Waals surface area contributed by atoms with E-state index in [0.29, 0.717) is 16.9 Å². The van der Waals surface area contributed by atoms with E-state index in [2.05, 4.69) is 215 Å². The van der Waals surface area contributed by atoms with Gasteiger partial charge >= 0.3 is 0 Å². The quantitative estimate of drug-likeness (QED) is 0.149. The van der Waals surface area contributed by atoms with E-state index in [0.717, 1.165) is 203 Å². The molecule has 20 aromatic heterocycles. The van der Waals surface area contributed by atoms with Gasteiger partial charge in [0.05, 0.1) is 93.3 Å². The summed E-state index contributed by atoms with van der Waals surface area (Å²) in [5, 5.41) is 11.1. The summed E-state index contributed by atoms with van der Waals surface area (Å²) < 4.78 is 35.6. The highest BCUT2D eigenvalue weighted by atomic mass is 32.1. The van der Waals surface area contributed by atoms with E-state index in [4.69, 9.17) is 57.5 Å². The number of imidazole rings is 1. The maximum atomic E-state index is 6.54. The van der Waals surface area contributed by atoms with E-state index in [1.165, 1.54) is 49.0 Å². The third-order valence-electron chi connectivity index (χ3n) is 24.6. The molecule has 0 atom stereocenters. The van der Waals surface area contributed by atoms with Crippen LogP contribution in [0.4, 0.5) is 0 Å². The van der Waals surface area contributed by atoms with Crippen molar-refractivity contribution in [2.45, 2.75) is 0 Å². The van der Waals surface area contributed by atoms with Crippen molar-refractivity contribution in [3.8, 4) is 73.2 Å². The second kappa shape index (κ2) is 28.1. The van der Waals surface area contributed by atoms with Crippen LogP contribution in [0.3, 0.4) is 0 Å². The molecule has 0 unspecified atom stereocenters. The molecule has 0 spiro atoms. The van der Waals surface area contributed by atoms with E-state index in [1.807, 2.05) is 152 Å². The van der Waals surface area contributed by atoms with Gasteiger partial charge in [-0.15, -0.1) is 22.7 Å². The predicted octanol–water partition coefficient (Wildman–Crippen LogP) is 27.1. The fraction of sp³-hybridized carbons (Fsp3) is 0. The van der Waals surface area contributed by atoms with Crippen LogP contribution < -0.4 is 0 Å². The van der Waals surface area contributed by atoms with Gasteiger partial charge in [0, 0.05) is 160 Å². The summed E-state index contributed by atoms with van der Waals surface area (Å²) in [5.74, 6) is 0. The fourth-order valence-electron chi connectivity index (χ4n) is 18.9. The number of para-hydroxylation sites is 7. The van der Waals surface area contributed by atoms with Crippen LogP contribution >= 0.6 is 22.7 Å². The van der Waals surface area contributed by atoms with Gasteiger partial charge in [-0.25, -0.2) is 15.0 Å². The molecule has 0 amide bonds. The number of H-pyrrole nitrogens is 1. The van der Waals surface area contributed by atoms with Gasteiger partial charge in [0.25, 0.3) is 0 Å². The number of aromatic nitrogens is 16. The van der Waals surface area contributed by atoms with E-state index < -0.39 is 0 Å². The molecule has 0 radical (unpaired) electrons. The Morgan fingerprint density at radius 3 is 1.30 bits per heavy atom. The summed E-state index contributed by atoms with van der Waals surface area (Å²) in [6.45, 7) is 0. The van der Waals surface area contributed by atoms with Gasteiger partial charge in [0.2, 0.25) is 0 Å². The Bertz CT molecular complexity index is 9390. The molecule has 0 fully saturated rings. The summed E-state index contributed by atoms with van der Waals surface area (Å²) in [5.41, 5.74) is 33.9. The molecular weight excluding hydrogens is 1630 g/mol. The summed E-state index contributed by atoms with van der Waals surface area (Å²) >= 11 is 3.25. The number of hydrogen-bond donors (Lipinski definition) is 1. The average Bonchev–Trinajstić information content (AvgIpc) is 1.58. The summed E-state index contributed by atoms with van der Waals surface area (Å²) in [4.78, 5) is 60.4. The SMILES string of the molecule is c1ccc2c(c1)c1ccccc1n2-c1ccc2oc3c(-c4cc5c6ccccc6n(-c6ccncc6)c5cn4)ccnc3c2c1.c1ccc2c(c1)oc1c(-c3ncc(-c4cnc(-c5ccnc6c5oc5ccccc56)c5scnc45)c4[nH]cnc34)ccnc12.c1cnc2c(c1)sc1ccc(-c3ccnc4c3oc3ccc(-n5c6ccccc6c6ccccc65)cc34)nc12. The van der Waals surface area contributed by atoms with Crippen LogP contribution in [0.2, 0.25) is 0 Å². The molecule has 20 heterocycles. The Labute approximate surface area is 729 Å². The zero-order chi connectivity index (χ0) is 83.8. The number of thiophene rings is 1. The average molecular weight is 1680 g/mol. The van der Waals surface area contributed by atoms with E-state index in [9.17, 15) is 0 Å². The second-order valence-electron chi connectivity index (χ2n) is 31.5. The molecule has 9 aromatic carbocycles. The summed E-state index contributed by atoms with van der Waals surface area (Å²) in [6.07, 6.45) is 20.1. The standard InChI is InChI=1S/C39H23N5O.C34H17N7O2S.C33H18N4OS/c1-4-10-33-26(7-1)27-8-2-5-11-34(27)44(33)25-13-14-37-31(21-25)38-39(45-37)29(17-20-41-38)32-22-30-28-9-3-6-12-35(28)43(36(30)23-42-32)24-15-18-40-19-16-24;1-3-7-23-17(5-1)27-32(42-23)19(9-11-35-27)25-31-26(39-15-40-31)21(13-37-25)22-14-38-29(34-30(22)41-16-44-34)20-10-12-36-28-18-6-2-4-8-24(18)43-33(20)28;1-3-8-25-20(6-1)21-7-2-4-9-26(21)37(25)19-11-13-27-23(18-19)30-33(38-27)22(15-17-35-30)24-12-14-29-32(36-24)31-28(39-29)10-5-16-34-31/h1-23H;1-16H,(H,39,40);1-18H. The Morgan fingerprint density at radius 1 is 0.266 bits per heavy atom. The van der Waals surface area contributed by atoms with E-state index in [1.54, 1.807) is 41.4 Å². The number of pyridine rings is 10. The van der Waals surface area contributed by atoms with Gasteiger partial charge in [-0.3, -0.25) is 44.9 Å². The molecule has 0 aliphatic heterocycles. The molecule has 22 heteroatoms. The minimum atomic E-state index is 0.681. The number of furan rings is 4. The van der Waals surface area contributed by atoms with Crippen LogP contribution in [0.15, 0.2) is 364 Å². The molecule has 0 aliphatic rings. The number of rotatable bonds is 8. The third-order valence-corrected chi connectivity index (χ3v) is 26.5. The zero-order valence-corrected chi connectivity index (χ0v) is 68.7. The van der Waals surface area contributed by atoms with Crippen LogP contribution in [-0.4, -0.2) is 78.5 Å². The topological polar surface area (TPSA) is 238 Å². The molecule has 598 valence electrons. The molecule has 29 aromatic rings. The third kappa shape index (κ3) is 10.9. The summed E-state index contributed by atoms with van der Waals surface area (Å²) in [7, 11) is 0. The first-order valence-corrected chi connectivity index (χ1v) is 43.3. The van der Waals surface area contributed by atoms with Gasteiger partial charge in [-0.2, -0.15) is 0 Å². The molecule has 0 saturated carbocycles. The predicted molar refractivity (Wildman–Crippen MR) is 512 cm³/mol. The zero-order valence-electron chi connectivity index (χ0n) is 67.1. The lowest BCUT2D eigenvalue weighted by Gasteiger charge is -2.10. The van der Waals surface area contributed by atoms with Gasteiger partial charge in [-0.05, 0) is 158 Å². The number of nitrogens with zero attached hydrogens (tertiary/aromatic N) is 15. The number of benzene rings is 9. The van der Waals surface area contributed by atoms with Gasteiger partial charge in [-0.1, -0.05) is 115 Å². The van der Waals surface area contributed by atoms with Gasteiger partial charge in [0.1, 0.15) is 66.6 Å². The molecule has 128 heavy (non-hydrogen) atoms. The molecule has 0 bridgehead atoms. The highest BCUT2D eigenvalue weighted by Crippen LogP contribution is 2.47. The lowest BCUT2D eigenvalue weighted by molar-refractivity contribution is 0.668. The van der Waals surface area contributed by atoms with Crippen LogP contribution in [0, 0.1) is 0 Å². The molecule has 0 aliphatic carbocycles. The number of fused-ring (bicyclic) bond motifs is 26. The highest BCUT2D eigenvalue weighted by molar-refractivity contribution is 7.25. The highest BCUT2D eigenvalue weighted by Gasteiger charge is 2.27. The molecule has 0 saturated heterocycles. The number of aromatic amines is 1. The smallest absolute Gasteiger partial charge is 0.163 e. The minimum absolute atomic E-state index is 0.681. The maximum absolute atomic E-state index is 6.54. The van der Waals surface area contributed by atoms with E-state index in [-0.39, 0.29) is 0 Å². The Hall–Kier alpha value is -17.3. The normalized spacial score (nSPS) is 12.1. The van der Waals surface area contributed by atoms with Gasteiger partial charge < -0.3 is 36.4 Å². The number of nitrogens with one attached hydrogen (secondary N) is 1. The lowest BCUT2D eigenvalue weighted by atomic mass is 10.0. The summed E-state index contributed by atoms with van der Waals surface area (Å²) in [6, 6.07) is 93.5. The number of thiazole rings is 1. The van der Waals surface area contributed by atoms with Crippen molar-refractivity contribution in [1.82, 2.24) is 78.5 Å². The van der Waals surface area contributed by atoms with Crippen molar-refractivity contribution in [3.05, 3.63) is 347 Å². The Morgan fingerprint density at radius 2 is 0.727 bits per heavy atom. The molecular formula is C106H58N16O4S2. The second-order valence-corrected chi connectivity index (χ2v) is 33.4. The first-order valence-electron chi connectivity index (χ1n) is 41.6. The van der Waals surface area contributed by atoms with Crippen molar-refractivity contribution in [1.29, 1.82) is 0 Å². The van der Waals surface area contributed by atoms with Crippen LogP contribution in [0.25, 0.3) is 269 Å². The largest absolute Gasteiger partial charge is 0.454 e. The van der Waals surface area contributed by atoms with Crippen LogP contribution in [0.5, 0.6) is 0 Å². The van der Waals surface area contributed by atoms with Crippen molar-refractivity contribution < 1.29 is 17.7 Å². The van der Waals surface area contributed by atoms with Crippen molar-refractivity contribution in [2.24, 2.45) is 0 Å². The molecule has 1 N–H and O–H groups in total. The fourth-order valence-corrected chi connectivity index (χ4v) is 20.8. The Kier molecular flexibility index (Phi) is 15.6.